The van der Waals surface area contributed by atoms with Crippen molar-refractivity contribution < 1.29 is 4.79 Å². The molecule has 3 aromatic rings. The van der Waals surface area contributed by atoms with Gasteiger partial charge in [-0.25, -0.2) is 4.98 Å². The second-order valence-electron chi connectivity index (χ2n) is 8.12. The maximum Gasteiger partial charge on any atom is 0.256 e. The molecular weight excluding hydrogens is 414 g/mol. The average molecular weight is 448 g/mol. The van der Waals surface area contributed by atoms with Crippen molar-refractivity contribution in [3.05, 3.63) is 70.7 Å². The normalized spacial score (nSPS) is 10.8. The SMILES string of the molecule is C=CCNc1nc(C)c2ccc(=O)n(-c3ccc(C(=O)NCCCCCCCC)cc3)c2n1. The predicted molar refractivity (Wildman–Crippen MR) is 134 cm³/mol. The lowest BCUT2D eigenvalue weighted by molar-refractivity contribution is 0.0953. The molecular formula is C26H33N5O2. The van der Waals surface area contributed by atoms with Gasteiger partial charge in [0.15, 0.2) is 5.65 Å². The Morgan fingerprint density at radius 3 is 2.48 bits per heavy atom. The van der Waals surface area contributed by atoms with Gasteiger partial charge in [0.25, 0.3) is 11.5 Å². The van der Waals surface area contributed by atoms with Crippen LogP contribution in [0.25, 0.3) is 16.7 Å². The zero-order valence-corrected chi connectivity index (χ0v) is 19.6. The second-order valence-corrected chi connectivity index (χ2v) is 8.12. The molecule has 0 saturated heterocycles. The number of hydrogen-bond acceptors (Lipinski definition) is 5. The summed E-state index contributed by atoms with van der Waals surface area (Å²) in [6.07, 6.45) is 8.82. The van der Waals surface area contributed by atoms with Crippen molar-refractivity contribution in [3.8, 4) is 5.69 Å². The number of unbranched alkanes of at least 4 members (excludes halogenated alkanes) is 5. The largest absolute Gasteiger partial charge is 0.352 e. The molecule has 0 aliphatic carbocycles. The van der Waals surface area contributed by atoms with Gasteiger partial charge in [-0.2, -0.15) is 4.98 Å². The van der Waals surface area contributed by atoms with Crippen LogP contribution in [0.3, 0.4) is 0 Å². The lowest BCUT2D eigenvalue weighted by atomic mass is 10.1. The molecule has 0 atom stereocenters. The Morgan fingerprint density at radius 2 is 1.76 bits per heavy atom. The molecule has 0 aliphatic rings. The van der Waals surface area contributed by atoms with E-state index in [4.69, 9.17) is 0 Å². The van der Waals surface area contributed by atoms with E-state index in [9.17, 15) is 9.59 Å². The Bertz CT molecular complexity index is 1150. The molecule has 0 radical (unpaired) electrons. The van der Waals surface area contributed by atoms with Gasteiger partial charge in [-0.3, -0.25) is 14.2 Å². The predicted octanol–water partition coefficient (Wildman–Crippen LogP) is 4.78. The van der Waals surface area contributed by atoms with Crippen LogP contribution in [0.5, 0.6) is 0 Å². The van der Waals surface area contributed by atoms with Crippen LogP contribution in [0.1, 0.15) is 61.5 Å². The molecule has 1 aromatic carbocycles. The highest BCUT2D eigenvalue weighted by Crippen LogP contribution is 2.19. The smallest absolute Gasteiger partial charge is 0.256 e. The van der Waals surface area contributed by atoms with E-state index in [1.807, 2.05) is 6.92 Å². The first-order valence-electron chi connectivity index (χ1n) is 11.7. The zero-order valence-electron chi connectivity index (χ0n) is 19.6. The van der Waals surface area contributed by atoms with Crippen molar-refractivity contribution in [1.29, 1.82) is 0 Å². The fourth-order valence-corrected chi connectivity index (χ4v) is 3.73. The number of carbonyl (C=O) groups excluding carboxylic acids is 1. The van der Waals surface area contributed by atoms with Gasteiger partial charge in [0.2, 0.25) is 5.95 Å². The highest BCUT2D eigenvalue weighted by molar-refractivity contribution is 5.94. The Balaban J connectivity index is 1.76. The molecule has 2 N–H and O–H groups in total. The highest BCUT2D eigenvalue weighted by atomic mass is 16.1. The minimum absolute atomic E-state index is 0.102. The third-order valence-electron chi connectivity index (χ3n) is 5.55. The fourth-order valence-electron chi connectivity index (χ4n) is 3.73. The number of carbonyl (C=O) groups is 1. The van der Waals surface area contributed by atoms with Crippen LogP contribution >= 0.6 is 0 Å². The minimum Gasteiger partial charge on any atom is -0.352 e. The van der Waals surface area contributed by atoms with Gasteiger partial charge in [0.1, 0.15) is 0 Å². The van der Waals surface area contributed by atoms with E-state index in [1.54, 1.807) is 41.0 Å². The Hall–Kier alpha value is -3.48. The summed E-state index contributed by atoms with van der Waals surface area (Å²) in [4.78, 5) is 34.2. The molecule has 0 bridgehead atoms. The van der Waals surface area contributed by atoms with Crippen LogP contribution in [0.2, 0.25) is 0 Å². The van der Waals surface area contributed by atoms with E-state index in [2.05, 4.69) is 34.1 Å². The molecule has 0 saturated carbocycles. The summed E-state index contributed by atoms with van der Waals surface area (Å²) in [6.45, 7) is 8.97. The van der Waals surface area contributed by atoms with Crippen LogP contribution in [0.4, 0.5) is 5.95 Å². The van der Waals surface area contributed by atoms with Crippen molar-refractivity contribution in [2.75, 3.05) is 18.4 Å². The minimum atomic E-state index is -0.199. The molecule has 0 unspecified atom stereocenters. The number of rotatable bonds is 12. The van der Waals surface area contributed by atoms with Gasteiger partial charge in [-0.1, -0.05) is 45.1 Å². The Morgan fingerprint density at radius 1 is 1.03 bits per heavy atom. The van der Waals surface area contributed by atoms with Gasteiger partial charge < -0.3 is 10.6 Å². The molecule has 0 spiro atoms. The van der Waals surface area contributed by atoms with Crippen LogP contribution in [-0.4, -0.2) is 33.5 Å². The monoisotopic (exact) mass is 447 g/mol. The van der Waals surface area contributed by atoms with Crippen molar-refractivity contribution in [2.45, 2.75) is 52.4 Å². The Labute approximate surface area is 195 Å². The van der Waals surface area contributed by atoms with Crippen molar-refractivity contribution in [2.24, 2.45) is 0 Å². The van der Waals surface area contributed by atoms with E-state index in [0.29, 0.717) is 35.9 Å². The van der Waals surface area contributed by atoms with E-state index < -0.39 is 0 Å². The topological polar surface area (TPSA) is 88.9 Å². The second kappa shape index (κ2) is 11.9. The summed E-state index contributed by atoms with van der Waals surface area (Å²) in [6, 6.07) is 10.3. The summed E-state index contributed by atoms with van der Waals surface area (Å²) in [5.41, 5.74) is 2.30. The average Bonchev–Trinajstić information content (AvgIpc) is 2.82. The first-order chi connectivity index (χ1) is 16.0. The fraction of sp³-hybridized carbons (Fsp3) is 0.385. The van der Waals surface area contributed by atoms with Gasteiger partial charge in [-0.15, -0.1) is 6.58 Å². The van der Waals surface area contributed by atoms with Crippen LogP contribution in [-0.2, 0) is 0 Å². The molecule has 7 nitrogen and oxygen atoms in total. The summed E-state index contributed by atoms with van der Waals surface area (Å²) < 4.78 is 1.54. The lowest BCUT2D eigenvalue weighted by Gasteiger charge is -2.13. The van der Waals surface area contributed by atoms with E-state index in [1.165, 1.54) is 31.7 Å². The van der Waals surface area contributed by atoms with Crippen molar-refractivity contribution in [1.82, 2.24) is 19.9 Å². The van der Waals surface area contributed by atoms with E-state index >= 15 is 0 Å². The Kier molecular flexibility index (Phi) is 8.75. The number of benzene rings is 1. The van der Waals surface area contributed by atoms with Crippen molar-refractivity contribution >= 4 is 22.9 Å². The van der Waals surface area contributed by atoms with Gasteiger partial charge in [0.05, 0.1) is 11.4 Å². The molecule has 3 rings (SSSR count). The molecule has 33 heavy (non-hydrogen) atoms. The quantitative estimate of drug-likeness (QED) is 0.308. The first-order valence-corrected chi connectivity index (χ1v) is 11.7. The van der Waals surface area contributed by atoms with Crippen LogP contribution in [0, 0.1) is 6.92 Å². The molecule has 0 aliphatic heterocycles. The van der Waals surface area contributed by atoms with Crippen LogP contribution < -0.4 is 16.2 Å². The number of hydrogen-bond donors (Lipinski definition) is 2. The van der Waals surface area contributed by atoms with Gasteiger partial charge in [-0.05, 0) is 43.7 Å². The first kappa shape index (κ1) is 24.2. The third kappa shape index (κ3) is 6.28. The third-order valence-corrected chi connectivity index (χ3v) is 5.55. The van der Waals surface area contributed by atoms with Crippen molar-refractivity contribution in [3.63, 3.8) is 0 Å². The lowest BCUT2D eigenvalue weighted by Crippen LogP contribution is -2.24. The molecule has 2 heterocycles. The number of amides is 1. The number of nitrogens with one attached hydrogen (secondary N) is 2. The van der Waals surface area contributed by atoms with Gasteiger partial charge >= 0.3 is 0 Å². The summed E-state index contributed by atoms with van der Waals surface area (Å²) in [7, 11) is 0. The van der Waals surface area contributed by atoms with Crippen LogP contribution in [0.15, 0.2) is 53.8 Å². The maximum atomic E-state index is 12.7. The number of anilines is 1. The highest BCUT2D eigenvalue weighted by Gasteiger charge is 2.12. The number of nitrogens with zero attached hydrogens (tertiary/aromatic N) is 3. The zero-order chi connectivity index (χ0) is 23.6. The summed E-state index contributed by atoms with van der Waals surface area (Å²) in [5.74, 6) is 0.333. The van der Waals surface area contributed by atoms with E-state index in [-0.39, 0.29) is 11.5 Å². The summed E-state index contributed by atoms with van der Waals surface area (Å²) >= 11 is 0. The number of aryl methyl sites for hydroxylation is 1. The molecule has 2 aromatic heterocycles. The van der Waals surface area contributed by atoms with E-state index in [0.717, 1.165) is 23.9 Å². The number of aromatic nitrogens is 3. The number of pyridine rings is 1. The molecule has 1 amide bonds. The standard InChI is InChI=1S/C26H33N5O2/c1-4-6-7-8-9-10-18-27-25(33)20-11-13-21(14-12-20)31-23(32)16-15-22-19(3)29-26(28-17-5-2)30-24(22)31/h5,11-16H,2,4,6-10,17-18H2,1,3H3,(H,27,33)(H,28,29,30). The van der Waals surface area contributed by atoms with Gasteiger partial charge in [0, 0.05) is 30.1 Å². The molecule has 7 heteroatoms. The maximum absolute atomic E-state index is 12.7. The summed E-state index contributed by atoms with van der Waals surface area (Å²) in [5, 5.41) is 6.85. The number of fused-ring (bicyclic) bond motifs is 1. The molecule has 174 valence electrons. The molecule has 0 fully saturated rings.